The van der Waals surface area contributed by atoms with Gasteiger partial charge in [0.25, 0.3) is 0 Å². The van der Waals surface area contributed by atoms with E-state index in [1.165, 1.54) is 0 Å². The maximum absolute atomic E-state index is 12.6. The molecule has 0 heterocycles. The molecule has 1 aliphatic carbocycles. The predicted molar refractivity (Wildman–Crippen MR) is 120 cm³/mol. The van der Waals surface area contributed by atoms with Crippen LogP contribution in [-0.4, -0.2) is 44.8 Å². The van der Waals surface area contributed by atoms with E-state index in [1.807, 2.05) is 42.5 Å². The minimum atomic E-state index is -0.576. The van der Waals surface area contributed by atoms with Crippen LogP contribution in [0.15, 0.2) is 42.5 Å². The van der Waals surface area contributed by atoms with Crippen LogP contribution in [0.25, 0.3) is 11.1 Å². The topological polar surface area (TPSA) is 90.9 Å². The van der Waals surface area contributed by atoms with Gasteiger partial charge in [0, 0.05) is 45.9 Å². The summed E-state index contributed by atoms with van der Waals surface area (Å²) in [6.07, 6.45) is 0.597. The van der Waals surface area contributed by atoms with Gasteiger partial charge in [-0.2, -0.15) is 0 Å². The zero-order valence-electron chi connectivity index (χ0n) is 19.4. The van der Waals surface area contributed by atoms with Crippen molar-refractivity contribution in [2.24, 2.45) is 5.92 Å². The first kappa shape index (κ1) is 22.0. The Bertz CT molecular complexity index is 1010. The summed E-state index contributed by atoms with van der Waals surface area (Å²) in [5, 5.41) is 2.87. The largest absolute Gasteiger partial charge is 0.466 e. The first-order valence-electron chi connectivity index (χ1n) is 11.3. The van der Waals surface area contributed by atoms with Gasteiger partial charge >= 0.3 is 11.9 Å². The van der Waals surface area contributed by atoms with Crippen molar-refractivity contribution in [1.82, 2.24) is 0 Å². The Morgan fingerprint density at radius 1 is 1.06 bits per heavy atom. The van der Waals surface area contributed by atoms with Gasteiger partial charge in [0.2, 0.25) is 5.91 Å². The molecule has 32 heavy (non-hydrogen) atoms. The van der Waals surface area contributed by atoms with E-state index in [1.54, 1.807) is 14.0 Å². The van der Waals surface area contributed by atoms with Gasteiger partial charge in [-0.3, -0.25) is 14.4 Å². The number of esters is 2. The van der Waals surface area contributed by atoms with Gasteiger partial charge in [-0.15, -0.1) is 0 Å². The molecule has 0 fully saturated rings. The second kappa shape index (κ2) is 10.9. The normalized spacial score (nSPS) is 15.2. The minimum absolute atomic E-state index is 0.0130. The van der Waals surface area contributed by atoms with Crippen LogP contribution >= 0.6 is 0 Å². The molecule has 2 atom stereocenters. The SMILES string of the molecule is [2H]CC(=O)OCC1c2ccccc2-c2ccc(NC(=O)C(C)CC(=O)OCCCOC)cc21. The third-order valence-corrected chi connectivity index (χ3v) is 5.41. The number of amides is 1. The Morgan fingerprint density at radius 2 is 1.84 bits per heavy atom. The first-order chi connectivity index (χ1) is 15.9. The molecule has 7 nitrogen and oxygen atoms in total. The van der Waals surface area contributed by atoms with E-state index < -0.39 is 24.8 Å². The number of carbonyl (C=O) groups is 3. The highest BCUT2D eigenvalue weighted by atomic mass is 16.5. The molecular formula is C25H29NO6. The number of nitrogens with one attached hydrogen (secondary N) is 1. The zero-order chi connectivity index (χ0) is 23.8. The lowest BCUT2D eigenvalue weighted by Crippen LogP contribution is -2.24. The van der Waals surface area contributed by atoms with Crippen LogP contribution in [0.3, 0.4) is 0 Å². The molecule has 1 amide bonds. The molecule has 3 rings (SSSR count). The molecule has 0 saturated heterocycles. The average molecular weight is 441 g/mol. The van der Waals surface area contributed by atoms with Crippen LogP contribution in [0.2, 0.25) is 0 Å². The van der Waals surface area contributed by atoms with Crippen molar-refractivity contribution in [2.75, 3.05) is 32.2 Å². The zero-order valence-corrected chi connectivity index (χ0v) is 18.4. The van der Waals surface area contributed by atoms with Gasteiger partial charge in [-0.05, 0) is 34.4 Å². The molecule has 0 radical (unpaired) electrons. The molecule has 0 aliphatic heterocycles. The summed E-state index contributed by atoms with van der Waals surface area (Å²) in [6.45, 7) is 2.15. The van der Waals surface area contributed by atoms with Crippen molar-refractivity contribution in [3.63, 3.8) is 0 Å². The highest BCUT2D eigenvalue weighted by Crippen LogP contribution is 2.45. The van der Waals surface area contributed by atoms with E-state index in [9.17, 15) is 14.4 Å². The molecule has 2 aromatic rings. The van der Waals surface area contributed by atoms with Crippen molar-refractivity contribution in [3.05, 3.63) is 53.6 Å². The number of carbonyl (C=O) groups excluding carboxylic acids is 3. The summed E-state index contributed by atoms with van der Waals surface area (Å²) in [5.74, 6) is -2.01. The summed E-state index contributed by atoms with van der Waals surface area (Å²) in [6, 6.07) is 13.5. The second-order valence-corrected chi connectivity index (χ2v) is 7.79. The molecule has 2 unspecified atom stereocenters. The quantitative estimate of drug-likeness (QED) is 0.445. The Morgan fingerprint density at radius 3 is 2.62 bits per heavy atom. The van der Waals surface area contributed by atoms with Crippen molar-refractivity contribution in [3.8, 4) is 11.1 Å². The maximum atomic E-state index is 12.6. The molecule has 0 bridgehead atoms. The molecule has 170 valence electrons. The first-order valence-corrected chi connectivity index (χ1v) is 10.6. The van der Waals surface area contributed by atoms with Crippen molar-refractivity contribution in [2.45, 2.75) is 32.6 Å². The number of hydrogen-bond donors (Lipinski definition) is 1. The lowest BCUT2D eigenvalue weighted by molar-refractivity contribution is -0.146. The van der Waals surface area contributed by atoms with Crippen molar-refractivity contribution < 1.29 is 30.0 Å². The fourth-order valence-corrected chi connectivity index (χ4v) is 3.80. The predicted octanol–water partition coefficient (Wildman–Crippen LogP) is 3.91. The summed E-state index contributed by atoms with van der Waals surface area (Å²) >= 11 is 0. The third kappa shape index (κ3) is 5.73. The third-order valence-electron chi connectivity index (χ3n) is 5.41. The Labute approximate surface area is 189 Å². The van der Waals surface area contributed by atoms with Crippen LogP contribution in [-0.2, 0) is 28.6 Å². The van der Waals surface area contributed by atoms with Gasteiger partial charge in [0.05, 0.1) is 13.0 Å². The number of ether oxygens (including phenoxy) is 3. The molecule has 0 aromatic heterocycles. The van der Waals surface area contributed by atoms with E-state index in [4.69, 9.17) is 15.6 Å². The summed E-state index contributed by atoms with van der Waals surface area (Å²) < 4.78 is 22.5. The molecule has 7 heteroatoms. The van der Waals surface area contributed by atoms with Crippen molar-refractivity contribution >= 4 is 23.5 Å². The van der Waals surface area contributed by atoms with Gasteiger partial charge in [-0.1, -0.05) is 37.3 Å². The Hall–Kier alpha value is -3.19. The summed E-state index contributed by atoms with van der Waals surface area (Å²) in [5.41, 5.74) is 4.66. The van der Waals surface area contributed by atoms with E-state index >= 15 is 0 Å². The standard InChI is InChI=1S/C25H29NO6/c1-16(13-24(28)31-12-6-11-30-3)25(29)26-18-9-10-21-19-7-4-5-8-20(19)23(22(21)14-18)15-32-17(2)27/h4-5,7-10,14,16,23H,6,11-13,15H2,1-3H3,(H,26,29)/i2D. The van der Waals surface area contributed by atoms with Crippen LogP contribution < -0.4 is 5.32 Å². The smallest absolute Gasteiger partial charge is 0.306 e. The molecule has 2 aromatic carbocycles. The van der Waals surface area contributed by atoms with E-state index in [-0.39, 0.29) is 31.5 Å². The number of fused-ring (bicyclic) bond motifs is 3. The van der Waals surface area contributed by atoms with Gasteiger partial charge < -0.3 is 19.5 Å². The van der Waals surface area contributed by atoms with Gasteiger partial charge in [-0.25, -0.2) is 0 Å². The lowest BCUT2D eigenvalue weighted by atomic mass is 9.97. The molecule has 1 N–H and O–H groups in total. The lowest BCUT2D eigenvalue weighted by Gasteiger charge is -2.16. The molecular weight excluding hydrogens is 410 g/mol. The van der Waals surface area contributed by atoms with E-state index in [0.717, 1.165) is 22.3 Å². The number of benzene rings is 2. The molecule has 0 spiro atoms. The van der Waals surface area contributed by atoms with Crippen molar-refractivity contribution in [1.29, 1.82) is 0 Å². The highest BCUT2D eigenvalue weighted by Gasteiger charge is 2.30. The average Bonchev–Trinajstić information content (AvgIpc) is 3.13. The summed E-state index contributed by atoms with van der Waals surface area (Å²) in [4.78, 5) is 36.2. The fraction of sp³-hybridized carbons (Fsp3) is 0.400. The number of anilines is 1. The van der Waals surface area contributed by atoms with E-state index in [2.05, 4.69) is 5.32 Å². The Balaban J connectivity index is 1.67. The molecule has 0 saturated carbocycles. The number of rotatable bonds is 10. The number of hydrogen-bond acceptors (Lipinski definition) is 6. The maximum Gasteiger partial charge on any atom is 0.306 e. The van der Waals surface area contributed by atoms with Crippen LogP contribution in [0.4, 0.5) is 5.69 Å². The van der Waals surface area contributed by atoms with Crippen LogP contribution in [0, 0.1) is 5.92 Å². The number of methoxy groups -OCH3 is 1. The van der Waals surface area contributed by atoms with Crippen LogP contribution in [0.1, 0.15) is 45.1 Å². The van der Waals surface area contributed by atoms with E-state index in [0.29, 0.717) is 18.7 Å². The molecule has 1 aliphatic rings. The highest BCUT2D eigenvalue weighted by molar-refractivity contribution is 5.95. The van der Waals surface area contributed by atoms with Gasteiger partial charge in [0.15, 0.2) is 0 Å². The van der Waals surface area contributed by atoms with Gasteiger partial charge in [0.1, 0.15) is 6.61 Å². The van der Waals surface area contributed by atoms with Crippen LogP contribution in [0.5, 0.6) is 0 Å². The second-order valence-electron chi connectivity index (χ2n) is 7.79. The monoisotopic (exact) mass is 440 g/mol. The minimum Gasteiger partial charge on any atom is -0.466 e. The Kier molecular flexibility index (Phi) is 7.51. The summed E-state index contributed by atoms with van der Waals surface area (Å²) in [7, 11) is 1.58. The fourth-order valence-electron chi connectivity index (χ4n) is 3.80.